The molecular formula is C11H9Br2NO2. The number of rotatable bonds is 1. The minimum Gasteiger partial charge on any atom is -0.342 e. The third kappa shape index (κ3) is 2.52. The van der Waals surface area contributed by atoms with Crippen molar-refractivity contribution < 1.29 is 9.59 Å². The molecule has 0 radical (unpaired) electrons. The van der Waals surface area contributed by atoms with Crippen molar-refractivity contribution in [3.05, 3.63) is 32.7 Å². The Morgan fingerprint density at radius 1 is 1.06 bits per heavy atom. The van der Waals surface area contributed by atoms with Crippen LogP contribution in [0.3, 0.4) is 0 Å². The Balaban J connectivity index is 2.34. The topological polar surface area (TPSA) is 46.2 Å². The maximum atomic E-state index is 11.7. The second-order valence-electron chi connectivity index (χ2n) is 3.67. The van der Waals surface area contributed by atoms with Gasteiger partial charge in [-0.15, -0.1) is 0 Å². The van der Waals surface area contributed by atoms with Gasteiger partial charge in [0, 0.05) is 21.8 Å². The van der Waals surface area contributed by atoms with Crippen molar-refractivity contribution >= 4 is 43.6 Å². The van der Waals surface area contributed by atoms with E-state index in [4.69, 9.17) is 0 Å². The van der Waals surface area contributed by atoms with Gasteiger partial charge < -0.3 is 5.32 Å². The molecule has 1 heterocycles. The standard InChI is InChI=1S/C11H9Br2NO2/c12-7-3-6(4-8(13)5-7)11-9(15)1-2-10(16)14-11/h3-5,11H,1-2H2,(H,14,16). The van der Waals surface area contributed by atoms with E-state index in [2.05, 4.69) is 37.2 Å². The van der Waals surface area contributed by atoms with Gasteiger partial charge in [0.05, 0.1) is 0 Å². The summed E-state index contributed by atoms with van der Waals surface area (Å²) in [5.74, 6) is -0.00898. The van der Waals surface area contributed by atoms with Gasteiger partial charge in [0.15, 0.2) is 5.78 Å². The summed E-state index contributed by atoms with van der Waals surface area (Å²) in [7, 11) is 0. The molecule has 1 unspecified atom stereocenters. The first kappa shape index (κ1) is 11.8. The number of benzene rings is 1. The molecule has 0 saturated carbocycles. The summed E-state index contributed by atoms with van der Waals surface area (Å²) in [6, 6.07) is 5.08. The molecule has 84 valence electrons. The largest absolute Gasteiger partial charge is 0.342 e. The summed E-state index contributed by atoms with van der Waals surface area (Å²) < 4.78 is 1.76. The number of nitrogens with one attached hydrogen (secondary N) is 1. The Hall–Kier alpha value is -0.680. The molecule has 16 heavy (non-hydrogen) atoms. The first-order valence-electron chi connectivity index (χ1n) is 4.84. The maximum absolute atomic E-state index is 11.7. The molecule has 1 fully saturated rings. The van der Waals surface area contributed by atoms with Gasteiger partial charge in [0.25, 0.3) is 0 Å². The zero-order valence-corrected chi connectivity index (χ0v) is 11.5. The quantitative estimate of drug-likeness (QED) is 0.849. The molecular weight excluding hydrogens is 338 g/mol. The maximum Gasteiger partial charge on any atom is 0.221 e. The van der Waals surface area contributed by atoms with E-state index in [0.29, 0.717) is 12.8 Å². The highest BCUT2D eigenvalue weighted by atomic mass is 79.9. The molecule has 1 amide bonds. The van der Waals surface area contributed by atoms with Crippen LogP contribution in [0.2, 0.25) is 0 Å². The molecule has 1 atom stereocenters. The predicted molar refractivity (Wildman–Crippen MR) is 67.0 cm³/mol. The van der Waals surface area contributed by atoms with Crippen molar-refractivity contribution in [2.24, 2.45) is 0 Å². The molecule has 5 heteroatoms. The molecule has 1 aliphatic heterocycles. The second kappa shape index (κ2) is 4.67. The van der Waals surface area contributed by atoms with Crippen LogP contribution in [-0.2, 0) is 9.59 Å². The normalized spacial score (nSPS) is 20.8. The number of Topliss-reactive ketones (excluding diaryl/α,β-unsaturated/α-hetero) is 1. The van der Waals surface area contributed by atoms with E-state index in [1.54, 1.807) is 0 Å². The zero-order valence-electron chi connectivity index (χ0n) is 8.30. The van der Waals surface area contributed by atoms with E-state index in [9.17, 15) is 9.59 Å². The van der Waals surface area contributed by atoms with Gasteiger partial charge in [0.2, 0.25) is 5.91 Å². The fourth-order valence-corrected chi connectivity index (χ4v) is 3.03. The molecule has 2 rings (SSSR count). The molecule has 1 aliphatic rings. The number of ketones is 1. The molecule has 1 N–H and O–H groups in total. The van der Waals surface area contributed by atoms with Gasteiger partial charge in [-0.1, -0.05) is 31.9 Å². The summed E-state index contributed by atoms with van der Waals surface area (Å²) in [5.41, 5.74) is 0.805. The van der Waals surface area contributed by atoms with Crippen LogP contribution in [-0.4, -0.2) is 11.7 Å². The fourth-order valence-electron chi connectivity index (χ4n) is 1.71. The summed E-state index contributed by atoms with van der Waals surface area (Å²) in [6.45, 7) is 0. The summed E-state index contributed by atoms with van der Waals surface area (Å²) in [5, 5.41) is 2.71. The lowest BCUT2D eigenvalue weighted by Gasteiger charge is -2.22. The number of halogens is 2. The van der Waals surface area contributed by atoms with Gasteiger partial charge in [0.1, 0.15) is 6.04 Å². The van der Waals surface area contributed by atoms with Crippen LogP contribution in [0.25, 0.3) is 0 Å². The zero-order chi connectivity index (χ0) is 11.7. The lowest BCUT2D eigenvalue weighted by molar-refractivity contribution is -0.133. The Bertz CT molecular complexity index is 439. The Kier molecular flexibility index (Phi) is 3.44. The van der Waals surface area contributed by atoms with Gasteiger partial charge in [-0.25, -0.2) is 0 Å². The third-order valence-corrected chi connectivity index (χ3v) is 3.36. The molecule has 3 nitrogen and oxygen atoms in total. The highest BCUT2D eigenvalue weighted by Gasteiger charge is 2.27. The van der Waals surface area contributed by atoms with Crippen LogP contribution in [0, 0.1) is 0 Å². The van der Waals surface area contributed by atoms with E-state index in [1.807, 2.05) is 18.2 Å². The van der Waals surface area contributed by atoms with Crippen LogP contribution in [0.15, 0.2) is 27.1 Å². The van der Waals surface area contributed by atoms with Crippen molar-refractivity contribution in [2.45, 2.75) is 18.9 Å². The van der Waals surface area contributed by atoms with Gasteiger partial charge in [-0.05, 0) is 23.8 Å². The lowest BCUT2D eigenvalue weighted by atomic mass is 9.96. The molecule has 1 aromatic rings. The smallest absolute Gasteiger partial charge is 0.221 e. The van der Waals surface area contributed by atoms with Crippen molar-refractivity contribution in [3.8, 4) is 0 Å². The Labute approximate surface area is 110 Å². The summed E-state index contributed by atoms with van der Waals surface area (Å²) >= 11 is 6.72. The van der Waals surface area contributed by atoms with E-state index in [0.717, 1.165) is 14.5 Å². The average Bonchev–Trinajstić information content (AvgIpc) is 2.20. The first-order valence-corrected chi connectivity index (χ1v) is 6.43. The van der Waals surface area contributed by atoms with Gasteiger partial charge in [-0.2, -0.15) is 0 Å². The highest BCUT2D eigenvalue weighted by molar-refractivity contribution is 9.11. The minimum atomic E-state index is -0.505. The van der Waals surface area contributed by atoms with Gasteiger partial charge >= 0.3 is 0 Å². The van der Waals surface area contributed by atoms with Crippen LogP contribution in [0.4, 0.5) is 0 Å². The van der Waals surface area contributed by atoms with Crippen LogP contribution >= 0.6 is 31.9 Å². The SMILES string of the molecule is O=C1CCC(=O)C(c2cc(Br)cc(Br)c2)N1. The number of hydrogen-bond acceptors (Lipinski definition) is 2. The first-order chi connectivity index (χ1) is 7.56. The van der Waals surface area contributed by atoms with E-state index in [1.165, 1.54) is 0 Å². The molecule has 0 bridgehead atoms. The highest BCUT2D eigenvalue weighted by Crippen LogP contribution is 2.27. The van der Waals surface area contributed by atoms with E-state index >= 15 is 0 Å². The molecule has 0 aliphatic carbocycles. The van der Waals surface area contributed by atoms with Crippen LogP contribution in [0.5, 0.6) is 0 Å². The molecule has 1 aromatic carbocycles. The lowest BCUT2D eigenvalue weighted by Crippen LogP contribution is -2.38. The number of amides is 1. The number of hydrogen-bond donors (Lipinski definition) is 1. The predicted octanol–water partition coefficient (Wildman–Crippen LogP) is 2.73. The number of piperidine rings is 1. The van der Waals surface area contributed by atoms with Crippen molar-refractivity contribution in [2.75, 3.05) is 0 Å². The number of carbonyl (C=O) groups excluding carboxylic acids is 2. The summed E-state index contributed by atoms with van der Waals surface area (Å²) in [6.07, 6.45) is 0.616. The monoisotopic (exact) mass is 345 g/mol. The van der Waals surface area contributed by atoms with E-state index in [-0.39, 0.29) is 11.7 Å². The fraction of sp³-hybridized carbons (Fsp3) is 0.273. The second-order valence-corrected chi connectivity index (χ2v) is 5.50. The van der Waals surface area contributed by atoms with Gasteiger partial charge in [-0.3, -0.25) is 9.59 Å². The summed E-state index contributed by atoms with van der Waals surface area (Å²) in [4.78, 5) is 23.0. The minimum absolute atomic E-state index is 0.0598. The van der Waals surface area contributed by atoms with E-state index < -0.39 is 6.04 Å². The molecule has 0 spiro atoms. The van der Waals surface area contributed by atoms with Crippen molar-refractivity contribution in [1.29, 1.82) is 0 Å². The Morgan fingerprint density at radius 2 is 1.69 bits per heavy atom. The molecule has 1 saturated heterocycles. The number of carbonyl (C=O) groups is 2. The third-order valence-electron chi connectivity index (χ3n) is 2.44. The van der Waals surface area contributed by atoms with Crippen LogP contribution < -0.4 is 5.32 Å². The van der Waals surface area contributed by atoms with Crippen molar-refractivity contribution in [1.82, 2.24) is 5.32 Å². The van der Waals surface area contributed by atoms with Crippen molar-refractivity contribution in [3.63, 3.8) is 0 Å². The van der Waals surface area contributed by atoms with Crippen LogP contribution in [0.1, 0.15) is 24.4 Å². The Morgan fingerprint density at radius 3 is 2.31 bits per heavy atom. The average molecular weight is 347 g/mol. The molecule has 0 aromatic heterocycles.